The number of carbonyl (C=O) groups excluding carboxylic acids is 1. The van der Waals surface area contributed by atoms with E-state index in [1.807, 2.05) is 19.9 Å². The number of halogens is 1. The van der Waals surface area contributed by atoms with Crippen LogP contribution in [-0.4, -0.2) is 48.7 Å². The number of amides is 1. The highest BCUT2D eigenvalue weighted by Gasteiger charge is 2.46. The van der Waals surface area contributed by atoms with Gasteiger partial charge < -0.3 is 14.5 Å². The van der Waals surface area contributed by atoms with Gasteiger partial charge in [0.2, 0.25) is 11.9 Å². The van der Waals surface area contributed by atoms with Gasteiger partial charge in [0.25, 0.3) is 0 Å². The van der Waals surface area contributed by atoms with Crippen molar-refractivity contribution in [2.24, 2.45) is 5.41 Å². The fourth-order valence-electron chi connectivity index (χ4n) is 3.97. The second-order valence-electron chi connectivity index (χ2n) is 7.56. The van der Waals surface area contributed by atoms with Crippen molar-refractivity contribution in [3.63, 3.8) is 0 Å². The topological polar surface area (TPSA) is 58.6 Å². The zero-order valence-corrected chi connectivity index (χ0v) is 15.6. The van der Waals surface area contributed by atoms with Crippen molar-refractivity contribution in [3.05, 3.63) is 47.5 Å². The smallest absolute Gasteiger partial charge is 0.227 e. The Bertz CT molecular complexity index is 837. The summed E-state index contributed by atoms with van der Waals surface area (Å²) in [4.78, 5) is 25.7. The molecule has 2 aliphatic rings. The average Bonchev–Trinajstić information content (AvgIpc) is 2.80. The maximum atomic E-state index is 13.2. The molecule has 0 N–H and O–H groups in total. The zero-order chi connectivity index (χ0) is 19.0. The van der Waals surface area contributed by atoms with Gasteiger partial charge >= 0.3 is 0 Å². The summed E-state index contributed by atoms with van der Waals surface area (Å²) in [5, 5.41) is 0. The summed E-state index contributed by atoms with van der Waals surface area (Å²) < 4.78 is 19.1. The van der Waals surface area contributed by atoms with Crippen molar-refractivity contribution in [3.8, 4) is 0 Å². The lowest BCUT2D eigenvalue weighted by atomic mass is 9.87. The van der Waals surface area contributed by atoms with Crippen LogP contribution in [0.1, 0.15) is 17.8 Å². The van der Waals surface area contributed by atoms with Crippen LogP contribution in [0, 0.1) is 25.1 Å². The maximum absolute atomic E-state index is 13.2. The predicted molar refractivity (Wildman–Crippen MR) is 100 cm³/mol. The fourth-order valence-corrected chi connectivity index (χ4v) is 3.97. The minimum Gasteiger partial charge on any atom is -0.379 e. The molecule has 0 bridgehead atoms. The monoisotopic (exact) mass is 370 g/mol. The number of anilines is 2. The van der Waals surface area contributed by atoms with E-state index >= 15 is 0 Å². The highest BCUT2D eigenvalue weighted by Crippen LogP contribution is 2.37. The van der Waals surface area contributed by atoms with Crippen molar-refractivity contribution >= 4 is 17.5 Å². The highest BCUT2D eigenvalue weighted by molar-refractivity contribution is 5.96. The van der Waals surface area contributed by atoms with Crippen LogP contribution in [0.2, 0.25) is 0 Å². The SMILES string of the molecule is Cc1cc(C)nc(N2CCOC[C@@]3(CC(=O)N(c4ccc(F)cc4)C3)C2)n1. The third-order valence-electron chi connectivity index (χ3n) is 5.15. The minimum atomic E-state index is -0.330. The summed E-state index contributed by atoms with van der Waals surface area (Å²) in [6.45, 7) is 6.88. The zero-order valence-electron chi connectivity index (χ0n) is 15.6. The van der Waals surface area contributed by atoms with Gasteiger partial charge in [0, 0.05) is 48.5 Å². The summed E-state index contributed by atoms with van der Waals surface area (Å²) in [6, 6.07) is 8.01. The van der Waals surface area contributed by atoms with E-state index in [4.69, 9.17) is 4.74 Å². The highest BCUT2D eigenvalue weighted by atomic mass is 19.1. The van der Waals surface area contributed by atoms with E-state index in [0.717, 1.165) is 17.1 Å². The maximum Gasteiger partial charge on any atom is 0.227 e. The molecule has 6 nitrogen and oxygen atoms in total. The van der Waals surface area contributed by atoms with E-state index in [2.05, 4.69) is 14.9 Å². The summed E-state index contributed by atoms with van der Waals surface area (Å²) in [5.74, 6) is 0.412. The molecule has 27 heavy (non-hydrogen) atoms. The quantitative estimate of drug-likeness (QED) is 0.813. The Labute approximate surface area is 158 Å². The van der Waals surface area contributed by atoms with Crippen LogP contribution in [0.5, 0.6) is 0 Å². The molecular weight excluding hydrogens is 347 g/mol. The van der Waals surface area contributed by atoms with Gasteiger partial charge in [-0.05, 0) is 44.2 Å². The number of ether oxygens (including phenoxy) is 1. The molecule has 1 aromatic carbocycles. The molecule has 1 atom stereocenters. The largest absolute Gasteiger partial charge is 0.379 e. The second-order valence-corrected chi connectivity index (χ2v) is 7.56. The molecule has 2 fully saturated rings. The Morgan fingerprint density at radius 2 is 1.81 bits per heavy atom. The van der Waals surface area contributed by atoms with Gasteiger partial charge in [-0.1, -0.05) is 0 Å². The first-order valence-electron chi connectivity index (χ1n) is 9.15. The van der Waals surface area contributed by atoms with E-state index < -0.39 is 0 Å². The minimum absolute atomic E-state index is 0.0356. The van der Waals surface area contributed by atoms with E-state index in [-0.39, 0.29) is 17.1 Å². The number of aryl methyl sites for hydroxylation is 2. The lowest BCUT2D eigenvalue weighted by Crippen LogP contribution is -2.41. The van der Waals surface area contributed by atoms with Gasteiger partial charge in [0.1, 0.15) is 5.82 Å². The predicted octanol–water partition coefficient (Wildman–Crippen LogP) is 2.49. The van der Waals surface area contributed by atoms with Crippen LogP contribution in [0.3, 0.4) is 0 Å². The van der Waals surface area contributed by atoms with Gasteiger partial charge in [0.05, 0.1) is 13.2 Å². The first kappa shape index (κ1) is 17.9. The molecule has 1 amide bonds. The van der Waals surface area contributed by atoms with E-state index in [9.17, 15) is 9.18 Å². The Morgan fingerprint density at radius 3 is 2.52 bits per heavy atom. The second kappa shape index (κ2) is 6.88. The number of hydrogen-bond donors (Lipinski definition) is 0. The van der Waals surface area contributed by atoms with E-state index in [0.29, 0.717) is 45.2 Å². The van der Waals surface area contributed by atoms with Gasteiger partial charge in [-0.3, -0.25) is 4.79 Å². The van der Waals surface area contributed by atoms with Gasteiger partial charge in [-0.2, -0.15) is 0 Å². The molecule has 142 valence electrons. The molecule has 2 aromatic rings. The number of hydrogen-bond acceptors (Lipinski definition) is 5. The molecule has 0 radical (unpaired) electrons. The Morgan fingerprint density at radius 1 is 1.11 bits per heavy atom. The molecule has 1 spiro atoms. The Hall–Kier alpha value is -2.54. The molecule has 0 saturated carbocycles. The van der Waals surface area contributed by atoms with Crippen molar-refractivity contribution in [1.29, 1.82) is 0 Å². The summed E-state index contributed by atoms with van der Waals surface area (Å²) in [7, 11) is 0. The first-order chi connectivity index (χ1) is 12.9. The third kappa shape index (κ3) is 3.64. The van der Waals surface area contributed by atoms with Crippen LogP contribution in [0.4, 0.5) is 16.0 Å². The van der Waals surface area contributed by atoms with Crippen LogP contribution in [0.25, 0.3) is 0 Å². The molecule has 3 heterocycles. The number of nitrogens with zero attached hydrogens (tertiary/aromatic N) is 4. The fraction of sp³-hybridized carbons (Fsp3) is 0.450. The number of carbonyl (C=O) groups is 1. The summed E-state index contributed by atoms with van der Waals surface area (Å²) in [6.07, 6.45) is 0.395. The average molecular weight is 370 g/mol. The number of rotatable bonds is 2. The summed E-state index contributed by atoms with van der Waals surface area (Å²) >= 11 is 0. The van der Waals surface area contributed by atoms with E-state index in [1.54, 1.807) is 17.0 Å². The molecule has 4 rings (SSSR count). The van der Waals surface area contributed by atoms with Gasteiger partial charge in [-0.25, -0.2) is 14.4 Å². The molecule has 7 heteroatoms. The Kier molecular flexibility index (Phi) is 4.55. The molecule has 0 unspecified atom stereocenters. The molecule has 2 aliphatic heterocycles. The molecule has 1 aromatic heterocycles. The number of benzene rings is 1. The molecule has 2 saturated heterocycles. The van der Waals surface area contributed by atoms with Crippen molar-refractivity contribution < 1.29 is 13.9 Å². The third-order valence-corrected chi connectivity index (χ3v) is 5.15. The lowest BCUT2D eigenvalue weighted by Gasteiger charge is -2.31. The normalized spacial score (nSPS) is 23.1. The summed E-state index contributed by atoms with van der Waals surface area (Å²) in [5.41, 5.74) is 2.24. The molecule has 0 aliphatic carbocycles. The van der Waals surface area contributed by atoms with Crippen molar-refractivity contribution in [2.45, 2.75) is 20.3 Å². The number of aromatic nitrogens is 2. The Balaban J connectivity index is 1.60. The van der Waals surface area contributed by atoms with Crippen molar-refractivity contribution in [1.82, 2.24) is 9.97 Å². The van der Waals surface area contributed by atoms with E-state index in [1.165, 1.54) is 12.1 Å². The van der Waals surface area contributed by atoms with Gasteiger partial charge in [0.15, 0.2) is 0 Å². The van der Waals surface area contributed by atoms with Gasteiger partial charge in [-0.15, -0.1) is 0 Å². The molecular formula is C20H23FN4O2. The van der Waals surface area contributed by atoms with Crippen molar-refractivity contribution in [2.75, 3.05) is 42.6 Å². The van der Waals surface area contributed by atoms with Crippen LogP contribution >= 0.6 is 0 Å². The standard InChI is InChI=1S/C20H23FN4O2/c1-14-9-15(2)23-19(22-14)24-7-8-27-13-20(11-24)10-18(26)25(12-20)17-5-3-16(21)4-6-17/h3-6,9H,7-8,10-13H2,1-2H3/t20-/m0/s1. The lowest BCUT2D eigenvalue weighted by molar-refractivity contribution is -0.118. The first-order valence-corrected chi connectivity index (χ1v) is 9.15. The van der Waals surface area contributed by atoms with Crippen LogP contribution in [0.15, 0.2) is 30.3 Å². The van der Waals surface area contributed by atoms with Crippen LogP contribution in [-0.2, 0) is 9.53 Å². The van der Waals surface area contributed by atoms with Crippen LogP contribution < -0.4 is 9.80 Å².